The standard InChI is InChI=1S/C9H15NO3S/c1-5(4-14)8(11)6-2-3-7(10-6)9(12)13/h5-7,10,14H,2-4H2,1H3,(H,12,13). The number of rotatable bonds is 4. The van der Waals surface area contributed by atoms with Gasteiger partial charge in [-0.15, -0.1) is 0 Å². The number of ketones is 1. The van der Waals surface area contributed by atoms with Gasteiger partial charge < -0.3 is 5.11 Å². The number of carboxylic acids is 1. The second kappa shape index (κ2) is 4.79. The fourth-order valence-corrected chi connectivity index (χ4v) is 1.78. The van der Waals surface area contributed by atoms with Crippen molar-refractivity contribution in [1.29, 1.82) is 0 Å². The van der Waals surface area contributed by atoms with Crippen molar-refractivity contribution in [3.8, 4) is 0 Å². The summed E-state index contributed by atoms with van der Waals surface area (Å²) >= 11 is 4.05. The molecule has 1 aliphatic rings. The second-order valence-electron chi connectivity index (χ2n) is 3.67. The van der Waals surface area contributed by atoms with Crippen LogP contribution in [0.2, 0.25) is 0 Å². The highest BCUT2D eigenvalue weighted by Gasteiger charge is 2.34. The SMILES string of the molecule is CC(CS)C(=O)C1CCC(C(=O)O)N1. The minimum atomic E-state index is -0.876. The molecule has 0 aromatic heterocycles. The Balaban J connectivity index is 2.49. The smallest absolute Gasteiger partial charge is 0.320 e. The molecule has 2 N–H and O–H groups in total. The van der Waals surface area contributed by atoms with E-state index in [1.165, 1.54) is 0 Å². The van der Waals surface area contributed by atoms with Crippen molar-refractivity contribution in [1.82, 2.24) is 5.32 Å². The van der Waals surface area contributed by atoms with E-state index in [2.05, 4.69) is 17.9 Å². The quantitative estimate of drug-likeness (QED) is 0.594. The fraction of sp³-hybridized carbons (Fsp3) is 0.778. The topological polar surface area (TPSA) is 66.4 Å². The maximum atomic E-state index is 11.6. The zero-order valence-electron chi connectivity index (χ0n) is 8.06. The minimum absolute atomic E-state index is 0.0729. The van der Waals surface area contributed by atoms with E-state index in [0.717, 1.165) is 0 Å². The Morgan fingerprint density at radius 3 is 2.50 bits per heavy atom. The monoisotopic (exact) mass is 217 g/mol. The minimum Gasteiger partial charge on any atom is -0.480 e. The molecule has 3 unspecified atom stereocenters. The van der Waals surface area contributed by atoms with Crippen molar-refractivity contribution in [2.24, 2.45) is 5.92 Å². The Morgan fingerprint density at radius 2 is 2.07 bits per heavy atom. The van der Waals surface area contributed by atoms with Gasteiger partial charge in [0.1, 0.15) is 6.04 Å². The molecular formula is C9H15NO3S. The van der Waals surface area contributed by atoms with Gasteiger partial charge in [0.15, 0.2) is 5.78 Å². The van der Waals surface area contributed by atoms with Crippen LogP contribution < -0.4 is 5.32 Å². The van der Waals surface area contributed by atoms with Crippen molar-refractivity contribution in [2.45, 2.75) is 31.8 Å². The number of aliphatic carboxylic acids is 1. The molecule has 4 nitrogen and oxygen atoms in total. The van der Waals surface area contributed by atoms with Gasteiger partial charge in [-0.3, -0.25) is 14.9 Å². The molecule has 0 aromatic rings. The summed E-state index contributed by atoms with van der Waals surface area (Å²) in [5, 5.41) is 11.5. The maximum Gasteiger partial charge on any atom is 0.320 e. The maximum absolute atomic E-state index is 11.6. The molecule has 3 atom stereocenters. The molecule has 0 aliphatic carbocycles. The van der Waals surface area contributed by atoms with E-state index in [1.54, 1.807) is 0 Å². The van der Waals surface area contributed by atoms with E-state index in [1.807, 2.05) is 6.92 Å². The first-order valence-corrected chi connectivity index (χ1v) is 5.33. The number of nitrogens with one attached hydrogen (secondary N) is 1. The van der Waals surface area contributed by atoms with Crippen molar-refractivity contribution in [2.75, 3.05) is 5.75 Å². The second-order valence-corrected chi connectivity index (χ2v) is 4.04. The third kappa shape index (κ3) is 2.48. The van der Waals surface area contributed by atoms with E-state index in [-0.39, 0.29) is 17.7 Å². The van der Waals surface area contributed by atoms with Gasteiger partial charge in [-0.1, -0.05) is 6.92 Å². The summed E-state index contributed by atoms with van der Waals surface area (Å²) in [6, 6.07) is -0.852. The molecule has 5 heteroatoms. The lowest BCUT2D eigenvalue weighted by atomic mass is 10.0. The zero-order valence-corrected chi connectivity index (χ0v) is 8.96. The van der Waals surface area contributed by atoms with Gasteiger partial charge >= 0.3 is 5.97 Å². The van der Waals surface area contributed by atoms with Crippen LogP contribution in [0.4, 0.5) is 0 Å². The highest BCUT2D eigenvalue weighted by atomic mass is 32.1. The lowest BCUT2D eigenvalue weighted by Crippen LogP contribution is -2.41. The van der Waals surface area contributed by atoms with E-state index in [4.69, 9.17) is 5.11 Å². The summed E-state index contributed by atoms with van der Waals surface area (Å²) in [5.41, 5.74) is 0. The van der Waals surface area contributed by atoms with Crippen LogP contribution in [0.25, 0.3) is 0 Å². The van der Waals surface area contributed by atoms with Gasteiger partial charge in [0.05, 0.1) is 6.04 Å². The Kier molecular flexibility index (Phi) is 3.95. The van der Waals surface area contributed by atoms with Crippen LogP contribution in [-0.2, 0) is 9.59 Å². The van der Waals surface area contributed by atoms with Gasteiger partial charge in [-0.2, -0.15) is 12.6 Å². The first kappa shape index (κ1) is 11.5. The molecule has 0 saturated carbocycles. The van der Waals surface area contributed by atoms with Crippen LogP contribution in [0.5, 0.6) is 0 Å². The first-order chi connectivity index (χ1) is 6.56. The molecule has 0 aromatic carbocycles. The van der Waals surface area contributed by atoms with Crippen LogP contribution in [0.15, 0.2) is 0 Å². The predicted molar refractivity (Wildman–Crippen MR) is 55.6 cm³/mol. The molecule has 1 saturated heterocycles. The van der Waals surface area contributed by atoms with Crippen LogP contribution in [0.3, 0.4) is 0 Å². The van der Waals surface area contributed by atoms with Gasteiger partial charge in [0.2, 0.25) is 0 Å². The van der Waals surface area contributed by atoms with Gasteiger partial charge in [0.25, 0.3) is 0 Å². The van der Waals surface area contributed by atoms with Gasteiger partial charge in [-0.25, -0.2) is 0 Å². The van der Waals surface area contributed by atoms with Crippen molar-refractivity contribution >= 4 is 24.4 Å². The van der Waals surface area contributed by atoms with E-state index >= 15 is 0 Å². The molecule has 1 aliphatic heterocycles. The van der Waals surface area contributed by atoms with Crippen LogP contribution >= 0.6 is 12.6 Å². The summed E-state index contributed by atoms with van der Waals surface area (Å²) in [4.78, 5) is 22.3. The molecule has 1 rings (SSSR count). The van der Waals surface area contributed by atoms with E-state index < -0.39 is 12.0 Å². The molecule has 80 valence electrons. The van der Waals surface area contributed by atoms with Gasteiger partial charge in [0, 0.05) is 5.92 Å². The van der Waals surface area contributed by atoms with Crippen molar-refractivity contribution in [3.63, 3.8) is 0 Å². The Morgan fingerprint density at radius 1 is 1.50 bits per heavy atom. The number of thiol groups is 1. The van der Waals surface area contributed by atoms with Crippen molar-refractivity contribution < 1.29 is 14.7 Å². The molecule has 1 fully saturated rings. The summed E-state index contributed by atoms with van der Waals surface area (Å²) in [5.74, 6) is -0.402. The number of Topliss-reactive ketones (excluding diaryl/α,β-unsaturated/α-hetero) is 1. The average molecular weight is 217 g/mol. The molecule has 0 spiro atoms. The number of carbonyl (C=O) groups excluding carboxylic acids is 1. The van der Waals surface area contributed by atoms with Crippen LogP contribution in [-0.4, -0.2) is 34.7 Å². The lowest BCUT2D eigenvalue weighted by molar-refractivity contribution is -0.139. The van der Waals surface area contributed by atoms with Crippen LogP contribution in [0.1, 0.15) is 19.8 Å². The fourth-order valence-electron chi connectivity index (χ4n) is 1.60. The normalized spacial score (nSPS) is 28.7. The first-order valence-electron chi connectivity index (χ1n) is 4.69. The Labute approximate surface area is 88.5 Å². The Hall–Kier alpha value is -0.550. The van der Waals surface area contributed by atoms with E-state index in [0.29, 0.717) is 18.6 Å². The number of carbonyl (C=O) groups is 2. The third-order valence-electron chi connectivity index (χ3n) is 2.55. The number of carboxylic acid groups (broad SMARTS) is 1. The molecular weight excluding hydrogens is 202 g/mol. The third-order valence-corrected chi connectivity index (χ3v) is 3.10. The molecule has 1 heterocycles. The number of hydrogen-bond donors (Lipinski definition) is 3. The molecule has 14 heavy (non-hydrogen) atoms. The molecule has 0 radical (unpaired) electrons. The summed E-state index contributed by atoms with van der Waals surface area (Å²) in [6.07, 6.45) is 1.15. The largest absolute Gasteiger partial charge is 0.480 e. The summed E-state index contributed by atoms with van der Waals surface area (Å²) in [6.45, 7) is 1.81. The number of hydrogen-bond acceptors (Lipinski definition) is 4. The molecule has 0 bridgehead atoms. The highest BCUT2D eigenvalue weighted by molar-refractivity contribution is 7.80. The summed E-state index contributed by atoms with van der Waals surface area (Å²) < 4.78 is 0. The zero-order chi connectivity index (χ0) is 10.7. The predicted octanol–water partition coefficient (Wildman–Crippen LogP) is 0.327. The average Bonchev–Trinajstić information content (AvgIpc) is 2.64. The van der Waals surface area contributed by atoms with Crippen LogP contribution in [0, 0.1) is 5.92 Å². The van der Waals surface area contributed by atoms with Gasteiger partial charge in [-0.05, 0) is 18.6 Å². The van der Waals surface area contributed by atoms with E-state index in [9.17, 15) is 9.59 Å². The summed E-state index contributed by atoms with van der Waals surface area (Å²) in [7, 11) is 0. The highest BCUT2D eigenvalue weighted by Crippen LogP contribution is 2.16. The van der Waals surface area contributed by atoms with Crippen molar-refractivity contribution in [3.05, 3.63) is 0 Å². The lowest BCUT2D eigenvalue weighted by Gasteiger charge is -2.14. The Bertz CT molecular complexity index is 244. The molecule has 0 amide bonds.